The summed E-state index contributed by atoms with van der Waals surface area (Å²) in [7, 11) is 0. The van der Waals surface area contributed by atoms with E-state index >= 15 is 0 Å². The molecule has 0 radical (unpaired) electrons. The predicted molar refractivity (Wildman–Crippen MR) is 101 cm³/mol. The van der Waals surface area contributed by atoms with E-state index in [0.29, 0.717) is 11.3 Å². The van der Waals surface area contributed by atoms with Gasteiger partial charge >= 0.3 is 12.0 Å². The molecule has 0 bridgehead atoms. The van der Waals surface area contributed by atoms with E-state index < -0.39 is 23.8 Å². The number of carboxylic acid groups (broad SMARTS) is 1. The van der Waals surface area contributed by atoms with Crippen LogP contribution in [0, 0.1) is 6.92 Å². The molecule has 0 spiro atoms. The van der Waals surface area contributed by atoms with Crippen molar-refractivity contribution < 1.29 is 24.3 Å². The molecule has 0 unspecified atom stereocenters. The van der Waals surface area contributed by atoms with Gasteiger partial charge in [0.25, 0.3) is 11.8 Å². The summed E-state index contributed by atoms with van der Waals surface area (Å²) in [5.74, 6) is -2.65. The van der Waals surface area contributed by atoms with Crippen LogP contribution in [-0.2, 0) is 9.59 Å². The minimum Gasteiger partial charge on any atom is -0.478 e. The highest BCUT2D eigenvalue weighted by molar-refractivity contribution is 9.10. The molecule has 2 N–H and O–H groups in total. The lowest BCUT2D eigenvalue weighted by Crippen LogP contribution is -2.54. The van der Waals surface area contributed by atoms with Gasteiger partial charge in [0.1, 0.15) is 5.57 Å². The third-order valence-corrected chi connectivity index (χ3v) is 4.86. The van der Waals surface area contributed by atoms with Crippen molar-refractivity contribution in [1.29, 1.82) is 0 Å². The molecule has 0 saturated carbocycles. The number of carbonyl (C=O) groups is 4. The maximum Gasteiger partial charge on any atom is 0.335 e. The van der Waals surface area contributed by atoms with E-state index in [0.717, 1.165) is 14.9 Å². The van der Waals surface area contributed by atoms with Crippen LogP contribution in [0.25, 0.3) is 6.08 Å². The fourth-order valence-corrected chi connectivity index (χ4v) is 2.80. The van der Waals surface area contributed by atoms with E-state index in [1.54, 1.807) is 18.2 Å². The van der Waals surface area contributed by atoms with Gasteiger partial charge in [0.15, 0.2) is 0 Å². The lowest BCUT2D eigenvalue weighted by molar-refractivity contribution is -0.122. The molecule has 8 heteroatoms. The van der Waals surface area contributed by atoms with E-state index in [1.807, 2.05) is 6.92 Å². The SMILES string of the molecule is Cc1cc(N2C(=O)NC(=O)/C(=C\c3ccc(C(=O)O)cc3)C2=O)ccc1Br. The normalized spacial score (nSPS) is 15.9. The van der Waals surface area contributed by atoms with Crippen molar-refractivity contribution >= 4 is 51.5 Å². The third kappa shape index (κ3) is 3.65. The van der Waals surface area contributed by atoms with Gasteiger partial charge in [0, 0.05) is 4.47 Å². The Labute approximate surface area is 162 Å². The number of hydrogen-bond donors (Lipinski definition) is 2. The average Bonchev–Trinajstić information content (AvgIpc) is 2.62. The molecule has 0 aliphatic carbocycles. The second-order valence-corrected chi connectivity index (χ2v) is 6.67. The highest BCUT2D eigenvalue weighted by Crippen LogP contribution is 2.26. The zero-order valence-electron chi connectivity index (χ0n) is 14.0. The Morgan fingerprint density at radius 1 is 1.11 bits per heavy atom. The molecule has 2 aromatic carbocycles. The predicted octanol–water partition coefficient (Wildman–Crippen LogP) is 3.12. The number of urea groups is 1. The molecule has 1 heterocycles. The first-order valence-electron chi connectivity index (χ1n) is 7.79. The summed E-state index contributed by atoms with van der Waals surface area (Å²) < 4.78 is 0.821. The van der Waals surface area contributed by atoms with Gasteiger partial charge in [0.05, 0.1) is 11.3 Å². The highest BCUT2D eigenvalue weighted by atomic mass is 79.9. The Balaban J connectivity index is 1.99. The molecule has 27 heavy (non-hydrogen) atoms. The largest absolute Gasteiger partial charge is 0.478 e. The molecule has 1 saturated heterocycles. The lowest BCUT2D eigenvalue weighted by Gasteiger charge is -2.26. The fraction of sp³-hybridized carbons (Fsp3) is 0.0526. The maximum absolute atomic E-state index is 12.8. The quantitative estimate of drug-likeness (QED) is 0.577. The minimum atomic E-state index is -1.08. The third-order valence-electron chi connectivity index (χ3n) is 3.97. The van der Waals surface area contributed by atoms with E-state index in [9.17, 15) is 19.2 Å². The second-order valence-electron chi connectivity index (χ2n) is 5.82. The van der Waals surface area contributed by atoms with Crippen LogP contribution in [0.15, 0.2) is 52.5 Å². The first-order valence-corrected chi connectivity index (χ1v) is 8.58. The number of nitrogens with one attached hydrogen (secondary N) is 1. The van der Waals surface area contributed by atoms with Gasteiger partial charge in [-0.1, -0.05) is 28.1 Å². The average molecular weight is 429 g/mol. The molecule has 1 aliphatic heterocycles. The van der Waals surface area contributed by atoms with Gasteiger partial charge in [-0.2, -0.15) is 0 Å². The minimum absolute atomic E-state index is 0.0821. The van der Waals surface area contributed by atoms with Crippen LogP contribution in [0.4, 0.5) is 10.5 Å². The van der Waals surface area contributed by atoms with E-state index in [-0.39, 0.29) is 11.1 Å². The Morgan fingerprint density at radius 3 is 2.37 bits per heavy atom. The number of amides is 4. The van der Waals surface area contributed by atoms with Crippen LogP contribution in [0.2, 0.25) is 0 Å². The van der Waals surface area contributed by atoms with Crippen molar-refractivity contribution in [2.45, 2.75) is 6.92 Å². The molecule has 0 aromatic heterocycles. The molecular weight excluding hydrogens is 416 g/mol. The molecule has 1 fully saturated rings. The van der Waals surface area contributed by atoms with Crippen LogP contribution < -0.4 is 10.2 Å². The zero-order valence-corrected chi connectivity index (χ0v) is 15.6. The summed E-state index contributed by atoms with van der Waals surface area (Å²) in [5, 5.41) is 11.1. The number of rotatable bonds is 3. The van der Waals surface area contributed by atoms with E-state index in [2.05, 4.69) is 21.2 Å². The standard InChI is InChI=1S/C19H13BrN2O5/c1-10-8-13(6-7-15(10)20)22-17(24)14(16(23)21-19(22)27)9-11-2-4-12(5-3-11)18(25)26/h2-9H,1H3,(H,25,26)(H,21,23,27)/b14-9+. The number of carboxylic acids is 1. The molecule has 0 atom stereocenters. The van der Waals surface area contributed by atoms with E-state index in [1.165, 1.54) is 30.3 Å². The Kier molecular flexibility index (Phi) is 4.91. The first kappa shape index (κ1) is 18.5. The lowest BCUT2D eigenvalue weighted by atomic mass is 10.1. The number of aryl methyl sites for hydroxylation is 1. The summed E-state index contributed by atoms with van der Waals surface area (Å²) in [4.78, 5) is 48.9. The summed E-state index contributed by atoms with van der Waals surface area (Å²) in [6, 6.07) is 9.78. The second kappa shape index (κ2) is 7.16. The molecule has 1 aliphatic rings. The van der Waals surface area contributed by atoms with Crippen molar-refractivity contribution in [3.05, 3.63) is 69.2 Å². The molecule has 136 valence electrons. The smallest absolute Gasteiger partial charge is 0.335 e. The number of benzene rings is 2. The van der Waals surface area contributed by atoms with Crippen molar-refractivity contribution in [3.63, 3.8) is 0 Å². The number of hydrogen-bond acceptors (Lipinski definition) is 4. The van der Waals surface area contributed by atoms with Crippen molar-refractivity contribution in [2.75, 3.05) is 4.90 Å². The van der Waals surface area contributed by atoms with Crippen LogP contribution in [0.5, 0.6) is 0 Å². The number of aromatic carboxylic acids is 1. The van der Waals surface area contributed by atoms with Gasteiger partial charge in [0.2, 0.25) is 0 Å². The van der Waals surface area contributed by atoms with Crippen LogP contribution in [-0.4, -0.2) is 28.9 Å². The number of anilines is 1. The van der Waals surface area contributed by atoms with Crippen molar-refractivity contribution in [3.8, 4) is 0 Å². The van der Waals surface area contributed by atoms with Gasteiger partial charge in [-0.15, -0.1) is 0 Å². The monoisotopic (exact) mass is 428 g/mol. The Hall–Kier alpha value is -3.26. The Bertz CT molecular complexity index is 1010. The van der Waals surface area contributed by atoms with Gasteiger partial charge in [-0.3, -0.25) is 14.9 Å². The van der Waals surface area contributed by atoms with Gasteiger partial charge < -0.3 is 5.11 Å². The molecule has 2 aromatic rings. The van der Waals surface area contributed by atoms with E-state index in [4.69, 9.17) is 5.11 Å². The summed E-state index contributed by atoms with van der Waals surface area (Å²) in [6.45, 7) is 1.81. The Morgan fingerprint density at radius 2 is 1.78 bits per heavy atom. The fourth-order valence-electron chi connectivity index (χ4n) is 2.55. The van der Waals surface area contributed by atoms with Crippen molar-refractivity contribution in [1.82, 2.24) is 5.32 Å². The number of carbonyl (C=O) groups excluding carboxylic acids is 3. The summed E-state index contributed by atoms with van der Waals surface area (Å²) in [6.07, 6.45) is 1.31. The van der Waals surface area contributed by atoms with Crippen molar-refractivity contribution in [2.24, 2.45) is 0 Å². The highest BCUT2D eigenvalue weighted by Gasteiger charge is 2.36. The number of imide groups is 2. The number of halogens is 1. The number of barbiturate groups is 1. The van der Waals surface area contributed by atoms with Gasteiger partial charge in [-0.05, 0) is 54.5 Å². The van der Waals surface area contributed by atoms with Gasteiger partial charge in [-0.25, -0.2) is 14.5 Å². The first-order chi connectivity index (χ1) is 12.8. The number of nitrogens with zero attached hydrogens (tertiary/aromatic N) is 1. The summed E-state index contributed by atoms with van der Waals surface area (Å²) >= 11 is 3.35. The maximum atomic E-state index is 12.8. The molecule has 4 amide bonds. The zero-order chi connectivity index (χ0) is 19.7. The molecular formula is C19H13BrN2O5. The molecule has 3 rings (SSSR count). The van der Waals surface area contributed by atoms with Crippen LogP contribution in [0.1, 0.15) is 21.5 Å². The van der Waals surface area contributed by atoms with Crippen LogP contribution >= 0.6 is 15.9 Å². The topological polar surface area (TPSA) is 104 Å². The molecule has 7 nitrogen and oxygen atoms in total. The summed E-state index contributed by atoms with van der Waals surface area (Å²) in [5.41, 5.74) is 1.47. The van der Waals surface area contributed by atoms with Crippen LogP contribution in [0.3, 0.4) is 0 Å².